The van der Waals surface area contributed by atoms with E-state index in [-0.39, 0.29) is 0 Å². The Bertz CT molecular complexity index is 441. The topological polar surface area (TPSA) is 29.3 Å². The molecule has 1 aromatic rings. The summed E-state index contributed by atoms with van der Waals surface area (Å²) in [7, 11) is 0. The number of nitrogens with zero attached hydrogens (tertiary/aromatic N) is 1. The highest BCUT2D eigenvalue weighted by atomic mass is 32.1. The van der Waals surface area contributed by atoms with Crippen LogP contribution in [-0.4, -0.2) is 24.5 Å². The van der Waals surface area contributed by atoms with Gasteiger partial charge in [0, 0.05) is 28.9 Å². The van der Waals surface area contributed by atoms with Gasteiger partial charge in [-0.2, -0.15) is 0 Å². The summed E-state index contributed by atoms with van der Waals surface area (Å²) in [6, 6.07) is 2.20. The quantitative estimate of drug-likeness (QED) is 0.830. The maximum Gasteiger partial charge on any atom is 0.0555 e. The SMILES string of the molecule is CC1CCN(Cc2cc(C#CCN)cs2)CC1C. The summed E-state index contributed by atoms with van der Waals surface area (Å²) in [5, 5.41) is 2.13. The molecule has 1 aliphatic heterocycles. The van der Waals surface area contributed by atoms with Gasteiger partial charge in [0.15, 0.2) is 0 Å². The molecule has 1 fully saturated rings. The molecule has 3 heteroatoms. The normalized spacial score (nSPS) is 24.6. The van der Waals surface area contributed by atoms with E-state index >= 15 is 0 Å². The second-order valence-electron chi connectivity index (χ2n) is 5.29. The smallest absolute Gasteiger partial charge is 0.0555 e. The molecule has 2 heterocycles. The van der Waals surface area contributed by atoms with E-state index in [9.17, 15) is 0 Å². The molecule has 2 nitrogen and oxygen atoms in total. The fourth-order valence-electron chi connectivity index (χ4n) is 2.40. The molecule has 0 aliphatic carbocycles. The zero-order valence-corrected chi connectivity index (χ0v) is 12.1. The lowest BCUT2D eigenvalue weighted by atomic mass is 9.89. The number of piperidine rings is 1. The van der Waals surface area contributed by atoms with Crippen molar-refractivity contribution < 1.29 is 0 Å². The van der Waals surface area contributed by atoms with Crippen LogP contribution < -0.4 is 5.73 Å². The summed E-state index contributed by atoms with van der Waals surface area (Å²) in [6.45, 7) is 8.70. The molecule has 2 N–H and O–H groups in total. The van der Waals surface area contributed by atoms with Gasteiger partial charge >= 0.3 is 0 Å². The van der Waals surface area contributed by atoms with Crippen LogP contribution in [0.4, 0.5) is 0 Å². The third-order valence-electron chi connectivity index (χ3n) is 3.79. The molecule has 0 spiro atoms. The average molecular weight is 262 g/mol. The Balaban J connectivity index is 1.91. The lowest BCUT2D eigenvalue weighted by molar-refractivity contribution is 0.133. The van der Waals surface area contributed by atoms with Gasteiger partial charge in [0.05, 0.1) is 6.54 Å². The van der Waals surface area contributed by atoms with Crippen molar-refractivity contribution in [1.29, 1.82) is 0 Å². The van der Waals surface area contributed by atoms with Crippen LogP contribution in [0.15, 0.2) is 11.4 Å². The van der Waals surface area contributed by atoms with Gasteiger partial charge in [0.2, 0.25) is 0 Å². The maximum atomic E-state index is 5.38. The van der Waals surface area contributed by atoms with Crippen LogP contribution >= 0.6 is 11.3 Å². The molecular formula is C15H22N2S. The third-order valence-corrected chi connectivity index (χ3v) is 4.71. The second-order valence-corrected chi connectivity index (χ2v) is 6.28. The maximum absolute atomic E-state index is 5.38. The lowest BCUT2D eigenvalue weighted by Gasteiger charge is -2.34. The molecule has 2 atom stereocenters. The zero-order valence-electron chi connectivity index (χ0n) is 11.3. The van der Waals surface area contributed by atoms with Gasteiger partial charge in [-0.15, -0.1) is 11.3 Å². The minimum atomic E-state index is 0.437. The van der Waals surface area contributed by atoms with E-state index in [4.69, 9.17) is 5.73 Å². The van der Waals surface area contributed by atoms with Crippen molar-refractivity contribution >= 4 is 11.3 Å². The van der Waals surface area contributed by atoms with Crippen molar-refractivity contribution in [3.63, 3.8) is 0 Å². The predicted molar refractivity (Wildman–Crippen MR) is 78.5 cm³/mol. The fourth-order valence-corrected chi connectivity index (χ4v) is 3.25. The van der Waals surface area contributed by atoms with Gasteiger partial charge in [-0.1, -0.05) is 25.7 Å². The Hall–Kier alpha value is -0.820. The first-order chi connectivity index (χ1) is 8.69. The average Bonchev–Trinajstić information content (AvgIpc) is 2.79. The molecule has 0 aromatic carbocycles. The lowest BCUT2D eigenvalue weighted by Crippen LogP contribution is -2.37. The largest absolute Gasteiger partial charge is 0.320 e. The van der Waals surface area contributed by atoms with Crippen LogP contribution in [0.2, 0.25) is 0 Å². The Morgan fingerprint density at radius 2 is 2.28 bits per heavy atom. The van der Waals surface area contributed by atoms with Gasteiger partial charge in [-0.05, 0) is 30.9 Å². The molecule has 0 bridgehead atoms. The molecule has 2 unspecified atom stereocenters. The highest BCUT2D eigenvalue weighted by Crippen LogP contribution is 2.25. The fraction of sp³-hybridized carbons (Fsp3) is 0.600. The van der Waals surface area contributed by atoms with E-state index in [1.54, 1.807) is 0 Å². The molecule has 2 rings (SSSR count). The van der Waals surface area contributed by atoms with E-state index in [1.165, 1.54) is 24.4 Å². The van der Waals surface area contributed by atoms with Crippen LogP contribution in [0.5, 0.6) is 0 Å². The molecular weight excluding hydrogens is 240 g/mol. The molecule has 1 saturated heterocycles. The monoisotopic (exact) mass is 262 g/mol. The number of hydrogen-bond acceptors (Lipinski definition) is 3. The van der Waals surface area contributed by atoms with Crippen molar-refractivity contribution in [2.24, 2.45) is 17.6 Å². The van der Waals surface area contributed by atoms with Crippen molar-refractivity contribution in [3.8, 4) is 11.8 Å². The molecule has 18 heavy (non-hydrogen) atoms. The van der Waals surface area contributed by atoms with Crippen molar-refractivity contribution in [2.45, 2.75) is 26.8 Å². The summed E-state index contributed by atoms with van der Waals surface area (Å²) < 4.78 is 0. The number of hydrogen-bond donors (Lipinski definition) is 1. The van der Waals surface area contributed by atoms with Gasteiger partial charge in [0.1, 0.15) is 0 Å². The van der Waals surface area contributed by atoms with Crippen LogP contribution in [0.3, 0.4) is 0 Å². The molecule has 0 amide bonds. The van der Waals surface area contributed by atoms with Gasteiger partial charge in [-0.25, -0.2) is 0 Å². The number of nitrogens with two attached hydrogens (primary N) is 1. The van der Waals surface area contributed by atoms with Crippen LogP contribution in [0.1, 0.15) is 30.7 Å². The first-order valence-electron chi connectivity index (χ1n) is 6.67. The first-order valence-corrected chi connectivity index (χ1v) is 7.55. The minimum Gasteiger partial charge on any atom is -0.320 e. The van der Waals surface area contributed by atoms with E-state index < -0.39 is 0 Å². The molecule has 98 valence electrons. The Kier molecular flexibility index (Phi) is 4.82. The summed E-state index contributed by atoms with van der Waals surface area (Å²) >= 11 is 1.81. The highest BCUT2D eigenvalue weighted by Gasteiger charge is 2.22. The summed E-state index contributed by atoms with van der Waals surface area (Å²) in [4.78, 5) is 3.98. The number of likely N-dealkylation sites (tertiary alicyclic amines) is 1. The Labute approximate surface area is 114 Å². The van der Waals surface area contributed by atoms with E-state index in [2.05, 4.69) is 42.0 Å². The van der Waals surface area contributed by atoms with E-state index in [0.29, 0.717) is 6.54 Å². The highest BCUT2D eigenvalue weighted by molar-refractivity contribution is 7.10. The first kappa shape index (κ1) is 13.6. The van der Waals surface area contributed by atoms with Gasteiger partial charge in [0.25, 0.3) is 0 Å². The summed E-state index contributed by atoms with van der Waals surface area (Å²) in [6.07, 6.45) is 1.33. The number of thiophene rings is 1. The van der Waals surface area contributed by atoms with Gasteiger partial charge < -0.3 is 5.73 Å². The Morgan fingerprint density at radius 3 is 3.00 bits per heavy atom. The zero-order chi connectivity index (χ0) is 13.0. The molecule has 0 radical (unpaired) electrons. The minimum absolute atomic E-state index is 0.437. The molecule has 1 aliphatic rings. The van der Waals surface area contributed by atoms with Crippen LogP contribution in [0, 0.1) is 23.7 Å². The van der Waals surface area contributed by atoms with E-state index in [0.717, 1.165) is 23.9 Å². The molecule has 0 saturated carbocycles. The Morgan fingerprint density at radius 1 is 1.44 bits per heavy atom. The summed E-state index contributed by atoms with van der Waals surface area (Å²) in [5.41, 5.74) is 6.49. The van der Waals surface area contributed by atoms with Crippen molar-refractivity contribution in [1.82, 2.24) is 4.90 Å². The third kappa shape index (κ3) is 3.58. The van der Waals surface area contributed by atoms with Crippen molar-refractivity contribution in [2.75, 3.05) is 19.6 Å². The van der Waals surface area contributed by atoms with E-state index in [1.807, 2.05) is 11.3 Å². The van der Waals surface area contributed by atoms with Crippen LogP contribution in [-0.2, 0) is 6.54 Å². The number of rotatable bonds is 2. The van der Waals surface area contributed by atoms with Crippen molar-refractivity contribution in [3.05, 3.63) is 21.9 Å². The predicted octanol–water partition coefficient (Wildman–Crippen LogP) is 2.54. The van der Waals surface area contributed by atoms with Gasteiger partial charge in [-0.3, -0.25) is 4.90 Å². The molecule has 1 aromatic heterocycles. The van der Waals surface area contributed by atoms with Crippen LogP contribution in [0.25, 0.3) is 0 Å². The second kappa shape index (κ2) is 6.38. The summed E-state index contributed by atoms with van der Waals surface area (Å²) in [5.74, 6) is 7.69. The standard InChI is InChI=1S/C15H22N2S/c1-12-5-7-17(9-13(12)2)10-15-8-14(11-18-15)4-3-6-16/h8,11-13H,5-7,9-10,16H2,1-2H3.